The summed E-state index contributed by atoms with van der Waals surface area (Å²) in [7, 11) is 0. The normalized spacial score (nSPS) is 20.1. The van der Waals surface area contributed by atoms with E-state index in [1.165, 1.54) is 0 Å². The fourth-order valence-corrected chi connectivity index (χ4v) is 3.37. The smallest absolute Gasteiger partial charge is 0.230 e. The van der Waals surface area contributed by atoms with E-state index in [0.29, 0.717) is 0 Å². The maximum Gasteiger partial charge on any atom is 0.230 e. The van der Waals surface area contributed by atoms with Gasteiger partial charge >= 0.3 is 0 Å². The van der Waals surface area contributed by atoms with Crippen molar-refractivity contribution in [3.8, 4) is 0 Å². The second kappa shape index (κ2) is 7.16. The molecule has 1 atom stereocenters. The average molecular weight is 314 g/mol. The van der Waals surface area contributed by atoms with Crippen LogP contribution < -0.4 is 5.32 Å². The molecule has 1 aromatic carbocycles. The Morgan fingerprint density at radius 1 is 1.13 bits per heavy atom. The molecule has 1 aliphatic carbocycles. The standard InChI is InChI=1S/C19H26N2O2/c1-2-17(14-6-4-3-5-7-14)19(23)21-12-10-16(11-13-21)20-18(22)15-8-9-15/h3-7,15-17H,2,8-13H2,1H3,(H,20,22). The quantitative estimate of drug-likeness (QED) is 0.908. The van der Waals surface area contributed by atoms with Crippen LogP contribution in [0, 0.1) is 5.92 Å². The van der Waals surface area contributed by atoms with Gasteiger partial charge in [-0.15, -0.1) is 0 Å². The van der Waals surface area contributed by atoms with E-state index in [4.69, 9.17) is 0 Å². The third kappa shape index (κ3) is 3.92. The van der Waals surface area contributed by atoms with Gasteiger partial charge in [-0.3, -0.25) is 9.59 Å². The maximum absolute atomic E-state index is 12.8. The van der Waals surface area contributed by atoms with Crippen LogP contribution in [0.2, 0.25) is 0 Å². The van der Waals surface area contributed by atoms with Crippen LogP contribution in [0.1, 0.15) is 50.5 Å². The molecule has 1 saturated heterocycles. The van der Waals surface area contributed by atoms with Gasteiger partial charge in [0.05, 0.1) is 5.92 Å². The van der Waals surface area contributed by atoms with E-state index in [9.17, 15) is 9.59 Å². The van der Waals surface area contributed by atoms with Gasteiger partial charge in [0, 0.05) is 25.0 Å². The van der Waals surface area contributed by atoms with Gasteiger partial charge in [-0.05, 0) is 37.7 Å². The minimum absolute atomic E-state index is 0.0474. The molecule has 1 unspecified atom stereocenters. The van der Waals surface area contributed by atoms with Gasteiger partial charge in [0.1, 0.15) is 0 Å². The fourth-order valence-electron chi connectivity index (χ4n) is 3.37. The summed E-state index contributed by atoms with van der Waals surface area (Å²) in [4.78, 5) is 26.6. The largest absolute Gasteiger partial charge is 0.353 e. The summed E-state index contributed by atoms with van der Waals surface area (Å²) in [6.07, 6.45) is 4.64. The first kappa shape index (κ1) is 16.0. The predicted octanol–water partition coefficient (Wildman–Crippen LogP) is 2.70. The van der Waals surface area contributed by atoms with E-state index in [1.54, 1.807) is 0 Å². The van der Waals surface area contributed by atoms with Crippen molar-refractivity contribution >= 4 is 11.8 Å². The van der Waals surface area contributed by atoms with Crippen molar-refractivity contribution in [3.63, 3.8) is 0 Å². The lowest BCUT2D eigenvalue weighted by atomic mass is 9.93. The molecule has 3 rings (SSSR count). The molecule has 1 saturated carbocycles. The number of hydrogen-bond donors (Lipinski definition) is 1. The van der Waals surface area contributed by atoms with Crippen molar-refractivity contribution in [1.82, 2.24) is 10.2 Å². The third-order valence-electron chi connectivity index (χ3n) is 5.01. The number of likely N-dealkylation sites (tertiary alicyclic amines) is 1. The Balaban J connectivity index is 1.53. The molecule has 0 radical (unpaired) electrons. The fraction of sp³-hybridized carbons (Fsp3) is 0.579. The van der Waals surface area contributed by atoms with Gasteiger partial charge in [-0.2, -0.15) is 0 Å². The van der Waals surface area contributed by atoms with Crippen LogP contribution in [0.15, 0.2) is 30.3 Å². The number of amides is 2. The molecule has 2 amide bonds. The summed E-state index contributed by atoms with van der Waals surface area (Å²) < 4.78 is 0. The Morgan fingerprint density at radius 3 is 2.35 bits per heavy atom. The van der Waals surface area contributed by atoms with Crippen LogP contribution in [0.4, 0.5) is 0 Å². The molecule has 1 aliphatic heterocycles. The van der Waals surface area contributed by atoms with E-state index in [2.05, 4.69) is 12.2 Å². The maximum atomic E-state index is 12.8. The molecular formula is C19H26N2O2. The second-order valence-electron chi connectivity index (χ2n) is 6.75. The topological polar surface area (TPSA) is 49.4 Å². The summed E-state index contributed by atoms with van der Waals surface area (Å²) in [5, 5.41) is 3.14. The summed E-state index contributed by atoms with van der Waals surface area (Å²) in [5.74, 6) is 0.655. The highest BCUT2D eigenvalue weighted by Crippen LogP contribution is 2.29. The van der Waals surface area contributed by atoms with Crippen molar-refractivity contribution in [1.29, 1.82) is 0 Å². The lowest BCUT2D eigenvalue weighted by molar-refractivity contribution is -0.134. The Morgan fingerprint density at radius 2 is 1.78 bits per heavy atom. The summed E-state index contributed by atoms with van der Waals surface area (Å²) in [5.41, 5.74) is 1.10. The minimum Gasteiger partial charge on any atom is -0.353 e. The van der Waals surface area contributed by atoms with Crippen LogP contribution >= 0.6 is 0 Å². The zero-order valence-electron chi connectivity index (χ0n) is 13.8. The molecule has 23 heavy (non-hydrogen) atoms. The highest BCUT2D eigenvalue weighted by Gasteiger charge is 2.33. The van der Waals surface area contributed by atoms with Crippen LogP contribution in [-0.4, -0.2) is 35.8 Å². The first-order chi connectivity index (χ1) is 11.2. The van der Waals surface area contributed by atoms with Crippen LogP contribution in [0.5, 0.6) is 0 Å². The van der Waals surface area contributed by atoms with Crippen molar-refractivity contribution in [3.05, 3.63) is 35.9 Å². The molecule has 0 aromatic heterocycles. The molecule has 1 N–H and O–H groups in total. The number of carbonyl (C=O) groups excluding carboxylic acids is 2. The van der Waals surface area contributed by atoms with Gasteiger partial charge in [0.15, 0.2) is 0 Å². The SMILES string of the molecule is CCC(C(=O)N1CCC(NC(=O)C2CC2)CC1)c1ccccc1. The van der Waals surface area contributed by atoms with E-state index in [0.717, 1.165) is 50.8 Å². The molecule has 0 bridgehead atoms. The van der Waals surface area contributed by atoms with E-state index >= 15 is 0 Å². The Labute approximate surface area is 138 Å². The van der Waals surface area contributed by atoms with Gasteiger partial charge < -0.3 is 10.2 Å². The van der Waals surface area contributed by atoms with Crippen molar-refractivity contribution < 1.29 is 9.59 Å². The van der Waals surface area contributed by atoms with Crippen molar-refractivity contribution in [2.75, 3.05) is 13.1 Å². The molecule has 1 heterocycles. The highest BCUT2D eigenvalue weighted by atomic mass is 16.2. The number of hydrogen-bond acceptors (Lipinski definition) is 2. The highest BCUT2D eigenvalue weighted by molar-refractivity contribution is 5.84. The first-order valence-corrected chi connectivity index (χ1v) is 8.83. The summed E-state index contributed by atoms with van der Waals surface area (Å²) in [6.45, 7) is 3.56. The number of benzene rings is 1. The van der Waals surface area contributed by atoms with Gasteiger partial charge in [0.25, 0.3) is 0 Å². The molecule has 1 aromatic rings. The predicted molar refractivity (Wildman–Crippen MR) is 89.9 cm³/mol. The molecule has 0 spiro atoms. The summed E-state index contributed by atoms with van der Waals surface area (Å²) in [6, 6.07) is 10.3. The van der Waals surface area contributed by atoms with Crippen LogP contribution in [-0.2, 0) is 9.59 Å². The van der Waals surface area contributed by atoms with E-state index < -0.39 is 0 Å². The molecule has 4 nitrogen and oxygen atoms in total. The third-order valence-corrected chi connectivity index (χ3v) is 5.01. The molecule has 2 fully saturated rings. The average Bonchev–Trinajstić information content (AvgIpc) is 3.42. The number of nitrogens with one attached hydrogen (secondary N) is 1. The minimum atomic E-state index is -0.0474. The lowest BCUT2D eigenvalue weighted by Gasteiger charge is -2.34. The monoisotopic (exact) mass is 314 g/mol. The van der Waals surface area contributed by atoms with Crippen LogP contribution in [0.3, 0.4) is 0 Å². The molecule has 124 valence electrons. The zero-order chi connectivity index (χ0) is 16.2. The zero-order valence-corrected chi connectivity index (χ0v) is 13.8. The first-order valence-electron chi connectivity index (χ1n) is 8.83. The van der Waals surface area contributed by atoms with Crippen molar-refractivity contribution in [2.45, 2.75) is 51.0 Å². The second-order valence-corrected chi connectivity index (χ2v) is 6.75. The Kier molecular flexibility index (Phi) is 4.99. The number of nitrogens with zero attached hydrogens (tertiary/aromatic N) is 1. The molecular weight excluding hydrogens is 288 g/mol. The lowest BCUT2D eigenvalue weighted by Crippen LogP contribution is -2.48. The van der Waals surface area contributed by atoms with E-state index in [-0.39, 0.29) is 29.7 Å². The Bertz CT molecular complexity index is 546. The van der Waals surface area contributed by atoms with Crippen LogP contribution in [0.25, 0.3) is 0 Å². The van der Waals surface area contributed by atoms with Gasteiger partial charge in [0.2, 0.25) is 11.8 Å². The number of carbonyl (C=O) groups is 2. The Hall–Kier alpha value is -1.84. The molecule has 2 aliphatic rings. The van der Waals surface area contributed by atoms with Gasteiger partial charge in [-0.1, -0.05) is 37.3 Å². The van der Waals surface area contributed by atoms with E-state index in [1.807, 2.05) is 35.2 Å². The van der Waals surface area contributed by atoms with Crippen molar-refractivity contribution in [2.24, 2.45) is 5.92 Å². The summed E-state index contributed by atoms with van der Waals surface area (Å²) >= 11 is 0. The molecule has 4 heteroatoms. The number of piperidine rings is 1. The number of rotatable bonds is 5. The van der Waals surface area contributed by atoms with Gasteiger partial charge in [-0.25, -0.2) is 0 Å².